The van der Waals surface area contributed by atoms with E-state index in [1.54, 1.807) is 72.8 Å². The summed E-state index contributed by atoms with van der Waals surface area (Å²) in [7, 11) is -3.98. The van der Waals surface area contributed by atoms with Gasteiger partial charge in [0.1, 0.15) is 11.5 Å². The minimum absolute atomic E-state index is 0. The van der Waals surface area contributed by atoms with Gasteiger partial charge in [0, 0.05) is 50.9 Å². The molecule has 0 spiro atoms. The first-order valence-corrected chi connectivity index (χ1v) is 11.9. The first kappa shape index (κ1) is 25.6. The number of halogens is 2. The smallest absolute Gasteiger partial charge is 0.259 e. The molecule has 2 N–H and O–H groups in total. The van der Waals surface area contributed by atoms with Gasteiger partial charge in [0.2, 0.25) is 10.0 Å². The van der Waals surface area contributed by atoms with Gasteiger partial charge in [0.15, 0.2) is 0 Å². The van der Waals surface area contributed by atoms with Gasteiger partial charge < -0.3 is 10.4 Å². The average molecular weight is 512 g/mol. The number of para-hydroxylation sites is 1. The number of nitrogens with zero attached hydrogens (tertiary/aromatic N) is 1. The maximum atomic E-state index is 13.2. The van der Waals surface area contributed by atoms with Gasteiger partial charge in [-0.2, -0.15) is 0 Å². The minimum Gasteiger partial charge on any atom is -0.510 e. The molecule has 1 heterocycles. The largest absolute Gasteiger partial charge is 0.510 e. The molecular weight excluding hydrogens is 494 g/mol. The molecule has 165 valence electrons. The van der Waals surface area contributed by atoms with Gasteiger partial charge in [-0.3, -0.25) is 9.10 Å². The number of hydrogen-bond donors (Lipinski definition) is 2. The van der Waals surface area contributed by atoms with Crippen molar-refractivity contribution in [1.82, 2.24) is 0 Å². The molecule has 1 amide bonds. The van der Waals surface area contributed by atoms with Gasteiger partial charge >= 0.3 is 0 Å². The molecule has 0 unspecified atom stereocenters. The molecule has 0 bridgehead atoms. The number of aliphatic hydroxyl groups is 1. The van der Waals surface area contributed by atoms with E-state index in [1.807, 2.05) is 0 Å². The zero-order chi connectivity index (χ0) is 22.9. The average Bonchev–Trinajstić information content (AvgIpc) is 2.83. The summed E-state index contributed by atoms with van der Waals surface area (Å²) in [6.45, 7) is 0.0237. The van der Waals surface area contributed by atoms with Crippen molar-refractivity contribution in [2.75, 3.05) is 15.4 Å². The number of carbonyl (C=O) groups is 1. The van der Waals surface area contributed by atoms with Crippen molar-refractivity contribution >= 4 is 85.6 Å². The van der Waals surface area contributed by atoms with Crippen LogP contribution in [0.4, 0.5) is 11.4 Å². The third-order valence-electron chi connectivity index (χ3n) is 4.95. The molecule has 1 radical (unpaired) electrons. The van der Waals surface area contributed by atoms with Crippen LogP contribution in [0, 0.1) is 0 Å². The predicted octanol–water partition coefficient (Wildman–Crippen LogP) is 4.87. The molecule has 1 aliphatic heterocycles. The van der Waals surface area contributed by atoms with Crippen LogP contribution in [0.25, 0.3) is 5.57 Å². The monoisotopic (exact) mass is 511 g/mol. The molecule has 33 heavy (non-hydrogen) atoms. The zero-order valence-corrected chi connectivity index (χ0v) is 22.0. The number of nitrogens with one attached hydrogen (secondary N) is 1. The van der Waals surface area contributed by atoms with Crippen molar-refractivity contribution in [3.05, 3.63) is 99.7 Å². The summed E-state index contributed by atoms with van der Waals surface area (Å²) in [5, 5.41) is 14.5. The van der Waals surface area contributed by atoms with Gasteiger partial charge in [-0.25, -0.2) is 8.42 Å². The molecule has 0 saturated heterocycles. The van der Waals surface area contributed by atoms with Gasteiger partial charge in [-0.1, -0.05) is 53.5 Å². The standard InChI is InChI=1S/C23H18Cl2N2O4S.Na/c24-16-7-5-15(6-8-16)13-27-20-4-2-1-3-19(20)22(21(28)14-32(27,30)31)23(29)26-18-11-9-17(25)10-12-18;/h1-12,28H,13-14H2,(H,26,29);. The van der Waals surface area contributed by atoms with E-state index in [2.05, 4.69) is 5.32 Å². The fraction of sp³-hybridized carbons (Fsp3) is 0.0870. The van der Waals surface area contributed by atoms with Crippen LogP contribution in [0.3, 0.4) is 0 Å². The number of amides is 1. The van der Waals surface area contributed by atoms with Crippen molar-refractivity contribution in [1.29, 1.82) is 0 Å². The second kappa shape index (κ2) is 10.5. The number of fused-ring (bicyclic) bond motifs is 1. The molecular formula is C23H18Cl2N2NaO4S. The quantitative estimate of drug-likeness (QED) is 0.489. The second-order valence-electron chi connectivity index (χ2n) is 7.19. The molecule has 0 atom stereocenters. The normalized spacial score (nSPS) is 14.7. The number of rotatable bonds is 4. The van der Waals surface area contributed by atoms with E-state index in [-0.39, 0.29) is 41.7 Å². The van der Waals surface area contributed by atoms with E-state index < -0.39 is 27.4 Å². The summed E-state index contributed by atoms with van der Waals surface area (Å²) in [6, 6.07) is 19.8. The van der Waals surface area contributed by atoms with Crippen LogP contribution in [0.15, 0.2) is 78.6 Å². The molecule has 1 aliphatic rings. The van der Waals surface area contributed by atoms with E-state index in [0.29, 0.717) is 32.5 Å². The van der Waals surface area contributed by atoms with Crippen LogP contribution < -0.4 is 9.62 Å². The Morgan fingerprint density at radius 1 is 0.939 bits per heavy atom. The zero-order valence-electron chi connectivity index (χ0n) is 17.6. The fourth-order valence-corrected chi connectivity index (χ4v) is 5.15. The summed E-state index contributed by atoms with van der Waals surface area (Å²) in [4.78, 5) is 13.1. The number of carbonyl (C=O) groups excluding carboxylic acids is 1. The van der Waals surface area contributed by atoms with Crippen LogP contribution in [0.5, 0.6) is 0 Å². The molecule has 4 rings (SSSR count). The molecule has 0 aliphatic carbocycles. The Kier molecular flexibility index (Phi) is 8.16. The van der Waals surface area contributed by atoms with E-state index in [0.717, 1.165) is 0 Å². The maximum Gasteiger partial charge on any atom is 0.259 e. The first-order chi connectivity index (χ1) is 15.2. The summed E-state index contributed by atoms with van der Waals surface area (Å²) in [6.07, 6.45) is 0. The van der Waals surface area contributed by atoms with Gasteiger partial charge in [-0.05, 0) is 48.0 Å². The van der Waals surface area contributed by atoms with Crippen molar-refractivity contribution in [3.8, 4) is 0 Å². The molecule has 0 aromatic heterocycles. The van der Waals surface area contributed by atoms with Crippen LogP contribution in [-0.4, -0.2) is 54.7 Å². The molecule has 3 aromatic rings. The number of sulfonamides is 1. The Hall–Kier alpha value is -2.00. The van der Waals surface area contributed by atoms with Crippen LogP contribution >= 0.6 is 23.2 Å². The van der Waals surface area contributed by atoms with E-state index >= 15 is 0 Å². The van der Waals surface area contributed by atoms with Gasteiger partial charge in [-0.15, -0.1) is 0 Å². The number of benzene rings is 3. The van der Waals surface area contributed by atoms with E-state index in [1.165, 1.54) is 4.31 Å². The van der Waals surface area contributed by atoms with Crippen LogP contribution in [-0.2, 0) is 21.4 Å². The molecule has 6 nitrogen and oxygen atoms in total. The summed E-state index contributed by atoms with van der Waals surface area (Å²) < 4.78 is 27.5. The molecule has 0 fully saturated rings. The Morgan fingerprint density at radius 2 is 1.52 bits per heavy atom. The molecule has 0 saturated carbocycles. The fourth-order valence-electron chi connectivity index (χ4n) is 3.45. The Balaban J connectivity index is 0.00000306. The van der Waals surface area contributed by atoms with E-state index in [4.69, 9.17) is 23.2 Å². The Morgan fingerprint density at radius 3 is 2.15 bits per heavy atom. The van der Waals surface area contributed by atoms with Crippen molar-refractivity contribution in [2.45, 2.75) is 6.54 Å². The summed E-state index contributed by atoms with van der Waals surface area (Å²) >= 11 is 11.8. The van der Waals surface area contributed by atoms with Crippen molar-refractivity contribution < 1.29 is 18.3 Å². The first-order valence-electron chi connectivity index (χ1n) is 9.58. The maximum absolute atomic E-state index is 13.2. The van der Waals surface area contributed by atoms with E-state index in [9.17, 15) is 18.3 Å². The third-order valence-corrected chi connectivity index (χ3v) is 7.09. The van der Waals surface area contributed by atoms with Crippen LogP contribution in [0.1, 0.15) is 11.1 Å². The predicted molar refractivity (Wildman–Crippen MR) is 133 cm³/mol. The third kappa shape index (κ3) is 5.74. The number of aliphatic hydroxyl groups excluding tert-OH is 1. The Labute approximate surface area is 224 Å². The topological polar surface area (TPSA) is 86.7 Å². The minimum atomic E-state index is -3.98. The van der Waals surface area contributed by atoms with Crippen LogP contribution in [0.2, 0.25) is 10.0 Å². The van der Waals surface area contributed by atoms with Crippen molar-refractivity contribution in [2.24, 2.45) is 0 Å². The SMILES string of the molecule is O=C(Nc1ccc(Cl)cc1)C1=C(O)CS(=O)(=O)N(Cc2ccc(Cl)cc2)c2ccccc21.[Na]. The number of hydrogen-bond acceptors (Lipinski definition) is 4. The van der Waals surface area contributed by atoms with Crippen molar-refractivity contribution in [3.63, 3.8) is 0 Å². The van der Waals surface area contributed by atoms with Gasteiger partial charge in [0.25, 0.3) is 5.91 Å². The number of anilines is 2. The second-order valence-corrected chi connectivity index (χ2v) is 9.96. The molecule has 10 heteroatoms. The summed E-state index contributed by atoms with van der Waals surface area (Å²) in [5.74, 6) is -1.86. The molecule has 3 aromatic carbocycles. The van der Waals surface area contributed by atoms with Gasteiger partial charge in [0.05, 0.1) is 17.8 Å². The Bertz CT molecular complexity index is 1310. The summed E-state index contributed by atoms with van der Waals surface area (Å²) in [5.41, 5.74) is 1.68.